The molecule has 0 atom stereocenters. The third kappa shape index (κ3) is 1.75. The molecule has 0 amide bonds. The molecule has 3 heteroatoms. The van der Waals surface area contributed by atoms with Crippen LogP contribution in [0.4, 0.5) is 0 Å². The molecule has 2 aromatic carbocycles. The van der Waals surface area contributed by atoms with Gasteiger partial charge in [-0.3, -0.25) is 4.79 Å². The van der Waals surface area contributed by atoms with Crippen molar-refractivity contribution >= 4 is 21.5 Å². The molecule has 0 heterocycles. The van der Waals surface area contributed by atoms with Gasteiger partial charge >= 0.3 is 0 Å². The Labute approximate surface area is 151 Å². The van der Waals surface area contributed by atoms with Gasteiger partial charge in [0.15, 0.2) is 0 Å². The molecule has 0 unspecified atom stereocenters. The van der Waals surface area contributed by atoms with Crippen molar-refractivity contribution in [1.82, 2.24) is 0 Å². The number of rotatable bonds is 4. The highest BCUT2D eigenvalue weighted by Crippen LogP contribution is 2.55. The second-order valence-corrected chi connectivity index (χ2v) is 6.44. The summed E-state index contributed by atoms with van der Waals surface area (Å²) in [6.07, 6.45) is 0. The highest BCUT2D eigenvalue weighted by atomic mass is 16.5. The van der Waals surface area contributed by atoms with E-state index in [2.05, 4.69) is 12.1 Å². The Morgan fingerprint density at radius 3 is 1.38 bits per heavy atom. The predicted octanol–water partition coefficient (Wildman–Crippen LogP) is 5.24. The van der Waals surface area contributed by atoms with Gasteiger partial charge in [0.25, 0.3) is 0 Å². The minimum atomic E-state index is 0.00861. The zero-order valence-electron chi connectivity index (χ0n) is 14.8. The van der Waals surface area contributed by atoms with Crippen LogP contribution in [0, 0.1) is 0 Å². The number of hydrogen-bond donors (Lipinski definition) is 0. The minimum absolute atomic E-state index is 0.00861. The molecule has 0 aromatic heterocycles. The molecule has 0 saturated heterocycles. The van der Waals surface area contributed by atoms with E-state index >= 15 is 0 Å². The minimum Gasteiger partial charge on any atom is -0.492 e. The van der Waals surface area contributed by atoms with Crippen LogP contribution >= 0.6 is 0 Å². The average Bonchev–Trinajstić information content (AvgIpc) is 3.26. The summed E-state index contributed by atoms with van der Waals surface area (Å²) < 4.78 is 11.8. The van der Waals surface area contributed by atoms with Gasteiger partial charge in [-0.2, -0.15) is 0 Å². The molecule has 0 fully saturated rings. The van der Waals surface area contributed by atoms with Crippen molar-refractivity contribution in [1.29, 1.82) is 0 Å². The fourth-order valence-corrected chi connectivity index (χ4v) is 4.23. The Morgan fingerprint density at radius 2 is 1.00 bits per heavy atom. The zero-order chi connectivity index (χ0) is 17.8. The lowest BCUT2D eigenvalue weighted by atomic mass is 10.0. The average molecular weight is 342 g/mol. The second-order valence-electron chi connectivity index (χ2n) is 6.44. The zero-order valence-corrected chi connectivity index (χ0v) is 14.8. The Bertz CT molecular complexity index is 1130. The van der Waals surface area contributed by atoms with Gasteiger partial charge < -0.3 is 9.47 Å². The maximum atomic E-state index is 13.5. The third-order valence-electron chi connectivity index (χ3n) is 5.12. The standard InChI is InChI=1S/C23H18O3/c1-3-25-22-15-11-7-5-9-13(15)17-18-14-10-6-8-12-16(14)23(26-4-2)20(18)21(24)19(17)22/h5-12H,3-4H2,1-2H3. The highest BCUT2D eigenvalue weighted by molar-refractivity contribution is 6.24. The van der Waals surface area contributed by atoms with Crippen LogP contribution in [-0.4, -0.2) is 13.2 Å². The molecular formula is C23H18O3. The molecule has 0 N–H and O–H groups in total. The van der Waals surface area contributed by atoms with E-state index in [0.717, 1.165) is 32.7 Å². The van der Waals surface area contributed by atoms with Crippen LogP contribution in [0.3, 0.4) is 0 Å². The summed E-state index contributed by atoms with van der Waals surface area (Å²) in [5.41, 5.74) is 3.36. The molecular weight excluding hydrogens is 324 g/mol. The molecule has 0 radical (unpaired) electrons. The summed E-state index contributed by atoms with van der Waals surface area (Å²) >= 11 is 0. The molecule has 3 aliphatic carbocycles. The lowest BCUT2D eigenvalue weighted by molar-refractivity contribution is 0.345. The van der Waals surface area contributed by atoms with Crippen LogP contribution in [0.15, 0.2) is 53.3 Å². The van der Waals surface area contributed by atoms with Gasteiger partial charge in [0, 0.05) is 21.9 Å². The van der Waals surface area contributed by atoms with Gasteiger partial charge in [-0.25, -0.2) is 0 Å². The van der Waals surface area contributed by atoms with E-state index in [9.17, 15) is 4.79 Å². The molecule has 0 bridgehead atoms. The first-order chi connectivity index (χ1) is 12.8. The van der Waals surface area contributed by atoms with Crippen molar-refractivity contribution < 1.29 is 9.47 Å². The van der Waals surface area contributed by atoms with E-state index in [1.54, 1.807) is 0 Å². The van der Waals surface area contributed by atoms with Crippen molar-refractivity contribution in [3.05, 3.63) is 58.8 Å². The SMILES string of the molecule is CCOc1c2c(=O)c3c(OCC)c4ccccc4c-3c-2c2ccccc12. The summed E-state index contributed by atoms with van der Waals surface area (Å²) in [6.45, 7) is 4.94. The predicted molar refractivity (Wildman–Crippen MR) is 106 cm³/mol. The summed E-state index contributed by atoms with van der Waals surface area (Å²) in [5.74, 6) is 1.40. The van der Waals surface area contributed by atoms with Crippen molar-refractivity contribution in [2.45, 2.75) is 13.8 Å². The molecule has 3 aliphatic rings. The normalized spacial score (nSPS) is 11.9. The summed E-state index contributed by atoms with van der Waals surface area (Å²) in [5, 5.41) is 4.14. The van der Waals surface area contributed by atoms with Gasteiger partial charge in [0.2, 0.25) is 5.43 Å². The first-order valence-electron chi connectivity index (χ1n) is 9.01. The Kier molecular flexibility index (Phi) is 3.20. The topological polar surface area (TPSA) is 35.5 Å². The molecule has 5 rings (SSSR count). The molecule has 0 spiro atoms. The molecule has 0 saturated carbocycles. The number of fused-ring (bicyclic) bond motifs is 7. The fraction of sp³-hybridized carbons (Fsp3) is 0.174. The number of benzene rings is 2. The molecule has 26 heavy (non-hydrogen) atoms. The van der Waals surface area contributed by atoms with Crippen LogP contribution in [0.2, 0.25) is 0 Å². The van der Waals surface area contributed by atoms with Gasteiger partial charge in [0.05, 0.1) is 24.3 Å². The maximum absolute atomic E-state index is 13.5. The smallest absolute Gasteiger partial charge is 0.201 e. The monoisotopic (exact) mass is 342 g/mol. The maximum Gasteiger partial charge on any atom is 0.201 e. The van der Waals surface area contributed by atoms with Gasteiger partial charge in [0.1, 0.15) is 11.5 Å². The van der Waals surface area contributed by atoms with Gasteiger partial charge in [-0.1, -0.05) is 48.5 Å². The van der Waals surface area contributed by atoms with Crippen LogP contribution in [0.1, 0.15) is 13.8 Å². The van der Waals surface area contributed by atoms with Crippen LogP contribution < -0.4 is 14.9 Å². The van der Waals surface area contributed by atoms with Crippen molar-refractivity contribution in [3.8, 4) is 33.8 Å². The van der Waals surface area contributed by atoms with Crippen LogP contribution in [-0.2, 0) is 0 Å². The molecule has 2 aromatic rings. The van der Waals surface area contributed by atoms with E-state index in [1.165, 1.54) is 0 Å². The van der Waals surface area contributed by atoms with Gasteiger partial charge in [-0.15, -0.1) is 0 Å². The van der Waals surface area contributed by atoms with Crippen molar-refractivity contribution in [2.24, 2.45) is 0 Å². The van der Waals surface area contributed by atoms with Gasteiger partial charge in [-0.05, 0) is 24.6 Å². The first kappa shape index (κ1) is 15.2. The van der Waals surface area contributed by atoms with E-state index < -0.39 is 0 Å². The van der Waals surface area contributed by atoms with Crippen molar-refractivity contribution in [2.75, 3.05) is 13.2 Å². The second kappa shape index (κ2) is 5.46. The quantitative estimate of drug-likeness (QED) is 0.448. The number of ether oxygens (including phenoxy) is 2. The van der Waals surface area contributed by atoms with E-state index in [0.29, 0.717) is 35.8 Å². The molecule has 3 nitrogen and oxygen atoms in total. The Morgan fingerprint density at radius 1 is 0.615 bits per heavy atom. The van der Waals surface area contributed by atoms with Crippen LogP contribution in [0.25, 0.3) is 43.8 Å². The van der Waals surface area contributed by atoms with Crippen molar-refractivity contribution in [3.63, 3.8) is 0 Å². The lowest BCUT2D eigenvalue weighted by Gasteiger charge is -2.03. The fourth-order valence-electron chi connectivity index (χ4n) is 4.23. The lowest BCUT2D eigenvalue weighted by Crippen LogP contribution is -2.02. The third-order valence-corrected chi connectivity index (χ3v) is 5.12. The summed E-state index contributed by atoms with van der Waals surface area (Å²) in [4.78, 5) is 13.5. The van der Waals surface area contributed by atoms with Crippen LogP contribution in [0.5, 0.6) is 11.5 Å². The molecule has 0 aliphatic heterocycles. The van der Waals surface area contributed by atoms with E-state index in [1.807, 2.05) is 50.2 Å². The largest absolute Gasteiger partial charge is 0.492 e. The summed E-state index contributed by atoms with van der Waals surface area (Å²) in [7, 11) is 0. The molecule has 128 valence electrons. The van der Waals surface area contributed by atoms with E-state index in [4.69, 9.17) is 9.47 Å². The Balaban J connectivity index is 2.05. The first-order valence-corrected chi connectivity index (χ1v) is 9.01. The summed E-state index contributed by atoms with van der Waals surface area (Å²) in [6, 6.07) is 16.2. The van der Waals surface area contributed by atoms with E-state index in [-0.39, 0.29) is 5.43 Å². The number of hydrogen-bond acceptors (Lipinski definition) is 3. The highest BCUT2D eigenvalue weighted by Gasteiger charge is 2.36. The Hall–Kier alpha value is -3.07.